The van der Waals surface area contributed by atoms with Gasteiger partial charge in [0.05, 0.1) is 18.0 Å². The Labute approximate surface area is 275 Å². The lowest BCUT2D eigenvalue weighted by molar-refractivity contribution is 0.0475. The average Bonchev–Trinajstić information content (AvgIpc) is 3.07. The molecule has 1 N–H and O–H groups in total. The van der Waals surface area contributed by atoms with Gasteiger partial charge in [0, 0.05) is 68.3 Å². The van der Waals surface area contributed by atoms with E-state index in [0.717, 1.165) is 67.5 Å². The van der Waals surface area contributed by atoms with E-state index in [2.05, 4.69) is 27.1 Å². The Morgan fingerprint density at radius 3 is 2.33 bits per heavy atom. The van der Waals surface area contributed by atoms with Crippen LogP contribution in [-0.2, 0) is 0 Å². The summed E-state index contributed by atoms with van der Waals surface area (Å²) in [6.07, 6.45) is 4.23. The molecule has 2 fully saturated rings. The number of anilines is 4. The fraction of sp³-hybridized carbons (Fsp3) is 0.486. The van der Waals surface area contributed by atoms with Crippen molar-refractivity contribution in [2.24, 2.45) is 0 Å². The summed E-state index contributed by atoms with van der Waals surface area (Å²) in [5.41, 5.74) is 5.86. The molecule has 5 rings (SSSR count). The Morgan fingerprint density at radius 1 is 0.978 bits per heavy atom. The molecule has 0 atom stereocenters. The molecular formula is C37H52N6O3. The van der Waals surface area contributed by atoms with Gasteiger partial charge in [-0.1, -0.05) is 26.0 Å². The summed E-state index contributed by atoms with van der Waals surface area (Å²) in [7, 11) is 4.16. The van der Waals surface area contributed by atoms with E-state index in [1.807, 2.05) is 100 Å². The van der Waals surface area contributed by atoms with E-state index in [-0.39, 0.29) is 11.7 Å². The van der Waals surface area contributed by atoms with Gasteiger partial charge in [-0.3, -0.25) is 14.5 Å². The summed E-state index contributed by atoms with van der Waals surface area (Å²) in [5.74, 6) is 1.31. The first-order valence-electron chi connectivity index (χ1n) is 16.7. The molecule has 0 bridgehead atoms. The van der Waals surface area contributed by atoms with Gasteiger partial charge in [-0.2, -0.15) is 0 Å². The standard InChI is InChI=1S/C35H46N6O3.C2H6/c1-7-44-32-21-27(35(43)41-19-17-40(18-20-41)28-13-15-38(5)16-14-28)11-12-30(32)37-33-22-31(25(3)23-36-33)39(6)34-24(2)9-8-10-29(34)26(4)42;1-2/h8-12,21-23,28H,7,13-20H2,1-6H3,(H,36,37);1-2H3. The molecule has 2 aromatic carbocycles. The molecule has 248 valence electrons. The molecule has 1 amide bonds. The van der Waals surface area contributed by atoms with Crippen molar-refractivity contribution in [3.63, 3.8) is 0 Å². The van der Waals surface area contributed by atoms with E-state index in [0.29, 0.717) is 35.3 Å². The molecule has 2 aliphatic rings. The molecule has 2 aliphatic heterocycles. The Hall–Kier alpha value is -3.95. The van der Waals surface area contributed by atoms with Crippen molar-refractivity contribution in [1.29, 1.82) is 0 Å². The zero-order valence-electron chi connectivity index (χ0n) is 29.0. The second kappa shape index (κ2) is 16.1. The third kappa shape index (κ3) is 8.06. The summed E-state index contributed by atoms with van der Waals surface area (Å²) < 4.78 is 6.00. The summed E-state index contributed by atoms with van der Waals surface area (Å²) in [6.45, 7) is 17.6. The average molecular weight is 629 g/mol. The number of para-hydroxylation sites is 1. The smallest absolute Gasteiger partial charge is 0.254 e. The highest BCUT2D eigenvalue weighted by Gasteiger charge is 2.29. The van der Waals surface area contributed by atoms with Crippen LogP contribution in [0.25, 0.3) is 0 Å². The Morgan fingerprint density at radius 2 is 1.67 bits per heavy atom. The predicted molar refractivity (Wildman–Crippen MR) is 188 cm³/mol. The molecular weight excluding hydrogens is 576 g/mol. The molecule has 0 radical (unpaired) electrons. The third-order valence-electron chi connectivity index (χ3n) is 8.99. The summed E-state index contributed by atoms with van der Waals surface area (Å²) >= 11 is 0. The number of piperazine rings is 1. The third-order valence-corrected chi connectivity index (χ3v) is 8.99. The van der Waals surface area contributed by atoms with Crippen LogP contribution in [0.3, 0.4) is 0 Å². The number of hydrogen-bond acceptors (Lipinski definition) is 8. The molecule has 0 aliphatic carbocycles. The number of Topliss-reactive ketones (excluding diaryl/α,β-unsaturated/α-hetero) is 1. The number of amides is 1. The highest BCUT2D eigenvalue weighted by Crippen LogP contribution is 2.35. The maximum Gasteiger partial charge on any atom is 0.254 e. The van der Waals surface area contributed by atoms with Gasteiger partial charge in [0.1, 0.15) is 11.6 Å². The second-order valence-corrected chi connectivity index (χ2v) is 12.1. The molecule has 46 heavy (non-hydrogen) atoms. The molecule has 3 aromatic rings. The van der Waals surface area contributed by atoms with E-state index in [1.54, 1.807) is 6.92 Å². The first-order valence-corrected chi connectivity index (χ1v) is 16.7. The fourth-order valence-corrected chi connectivity index (χ4v) is 6.46. The number of ketones is 1. The fourth-order valence-electron chi connectivity index (χ4n) is 6.46. The largest absolute Gasteiger partial charge is 0.492 e. The van der Waals surface area contributed by atoms with Crippen molar-refractivity contribution in [2.75, 3.05) is 70.2 Å². The van der Waals surface area contributed by atoms with Crippen LogP contribution in [-0.4, -0.2) is 97.4 Å². The monoisotopic (exact) mass is 628 g/mol. The highest BCUT2D eigenvalue weighted by molar-refractivity contribution is 6.01. The number of carbonyl (C=O) groups is 2. The van der Waals surface area contributed by atoms with Crippen molar-refractivity contribution >= 4 is 34.6 Å². The number of rotatable bonds is 9. The molecule has 1 aromatic heterocycles. The van der Waals surface area contributed by atoms with Crippen LogP contribution < -0.4 is 15.0 Å². The normalized spacial score (nSPS) is 16.0. The predicted octanol–water partition coefficient (Wildman–Crippen LogP) is 6.69. The van der Waals surface area contributed by atoms with Crippen molar-refractivity contribution < 1.29 is 14.3 Å². The van der Waals surface area contributed by atoms with Crippen molar-refractivity contribution in [3.05, 3.63) is 70.9 Å². The summed E-state index contributed by atoms with van der Waals surface area (Å²) in [4.78, 5) is 39.6. The number of hydrogen-bond donors (Lipinski definition) is 1. The van der Waals surface area contributed by atoms with Gasteiger partial charge < -0.3 is 24.8 Å². The van der Waals surface area contributed by atoms with E-state index < -0.39 is 0 Å². The van der Waals surface area contributed by atoms with E-state index in [1.165, 1.54) is 12.8 Å². The molecule has 0 spiro atoms. The Balaban J connectivity index is 0.00000235. The minimum atomic E-state index is 0.0238. The van der Waals surface area contributed by atoms with Crippen LogP contribution in [0, 0.1) is 13.8 Å². The molecule has 2 saturated heterocycles. The molecule has 9 heteroatoms. The number of aryl methyl sites for hydroxylation is 2. The topological polar surface area (TPSA) is 81.3 Å². The van der Waals surface area contributed by atoms with Crippen LogP contribution >= 0.6 is 0 Å². The SMILES string of the molecule is CC.CCOc1cc(C(=O)N2CCN(C3CCN(C)CC3)CC2)ccc1Nc1cc(N(C)c2c(C)cccc2C(C)=O)c(C)cn1. The van der Waals surface area contributed by atoms with Gasteiger partial charge in [-0.25, -0.2) is 4.98 Å². The zero-order valence-corrected chi connectivity index (χ0v) is 29.0. The number of nitrogens with one attached hydrogen (secondary N) is 1. The van der Waals surface area contributed by atoms with E-state index in [9.17, 15) is 9.59 Å². The molecule has 3 heterocycles. The number of aromatic nitrogens is 1. The van der Waals surface area contributed by atoms with Gasteiger partial charge in [-0.05, 0) is 96.1 Å². The van der Waals surface area contributed by atoms with Gasteiger partial charge in [0.25, 0.3) is 5.91 Å². The first-order chi connectivity index (χ1) is 22.2. The Kier molecular flexibility index (Phi) is 12.2. The number of carbonyl (C=O) groups excluding carboxylic acids is 2. The molecule has 9 nitrogen and oxygen atoms in total. The van der Waals surface area contributed by atoms with Gasteiger partial charge in [-0.15, -0.1) is 0 Å². The number of benzene rings is 2. The van der Waals surface area contributed by atoms with Gasteiger partial charge in [0.2, 0.25) is 0 Å². The molecule has 0 saturated carbocycles. The lowest BCUT2D eigenvalue weighted by Crippen LogP contribution is -2.54. The Bertz CT molecular complexity index is 1490. The molecule has 0 unspecified atom stereocenters. The van der Waals surface area contributed by atoms with Crippen LogP contribution in [0.5, 0.6) is 5.75 Å². The maximum absolute atomic E-state index is 13.5. The number of pyridine rings is 1. The second-order valence-electron chi connectivity index (χ2n) is 12.1. The van der Waals surface area contributed by atoms with Gasteiger partial charge in [0.15, 0.2) is 5.78 Å². The lowest BCUT2D eigenvalue weighted by atomic mass is 10.0. The van der Waals surface area contributed by atoms with Crippen LogP contribution in [0.1, 0.15) is 72.4 Å². The van der Waals surface area contributed by atoms with Crippen LogP contribution in [0.2, 0.25) is 0 Å². The first kappa shape index (κ1) is 34.9. The minimum absolute atomic E-state index is 0.0238. The lowest BCUT2D eigenvalue weighted by Gasteiger charge is -2.42. The number of likely N-dealkylation sites (tertiary alicyclic amines) is 1. The minimum Gasteiger partial charge on any atom is -0.492 e. The number of piperidine rings is 1. The van der Waals surface area contributed by atoms with E-state index >= 15 is 0 Å². The zero-order chi connectivity index (χ0) is 33.4. The maximum atomic E-state index is 13.5. The highest BCUT2D eigenvalue weighted by atomic mass is 16.5. The number of nitrogens with zero attached hydrogens (tertiary/aromatic N) is 5. The summed E-state index contributed by atoms with van der Waals surface area (Å²) in [6, 6.07) is 14.0. The van der Waals surface area contributed by atoms with Crippen LogP contribution in [0.4, 0.5) is 22.9 Å². The van der Waals surface area contributed by atoms with Crippen molar-refractivity contribution in [3.8, 4) is 5.75 Å². The van der Waals surface area contributed by atoms with Gasteiger partial charge >= 0.3 is 0 Å². The van der Waals surface area contributed by atoms with Crippen molar-refractivity contribution in [2.45, 2.75) is 60.4 Å². The van der Waals surface area contributed by atoms with Crippen LogP contribution in [0.15, 0.2) is 48.7 Å². The number of ether oxygens (including phenoxy) is 1. The quantitative estimate of drug-likeness (QED) is 0.263. The van der Waals surface area contributed by atoms with Crippen molar-refractivity contribution in [1.82, 2.24) is 19.7 Å². The van der Waals surface area contributed by atoms with E-state index in [4.69, 9.17) is 4.74 Å². The summed E-state index contributed by atoms with van der Waals surface area (Å²) in [5, 5.41) is 3.41.